The Balaban J connectivity index is 2.40. The lowest BCUT2D eigenvalue weighted by Gasteiger charge is -2.22. The van der Waals surface area contributed by atoms with E-state index in [0.717, 1.165) is 11.3 Å². The standard InChI is InChI=1S/C15H25NO3/c1-11-5-6-14(12(2)7-11)19-9-13(18)8-16-15(3,4)10-17/h5-7,13,16-18H,8-10H2,1-4H3/p+1/t13-/m1/s1. The van der Waals surface area contributed by atoms with Gasteiger partial charge in [0.25, 0.3) is 0 Å². The molecule has 1 aromatic carbocycles. The summed E-state index contributed by atoms with van der Waals surface area (Å²) in [6.07, 6.45) is -0.550. The van der Waals surface area contributed by atoms with Gasteiger partial charge in [0.05, 0.1) is 6.61 Å². The third kappa shape index (κ3) is 5.59. The first-order chi connectivity index (χ1) is 8.84. The van der Waals surface area contributed by atoms with Gasteiger partial charge in [-0.05, 0) is 39.3 Å². The normalized spacial score (nSPS) is 13.4. The molecule has 1 atom stereocenters. The average Bonchev–Trinajstić information content (AvgIpc) is 2.35. The number of nitrogens with two attached hydrogens (primary N) is 1. The lowest BCUT2D eigenvalue weighted by atomic mass is 10.1. The molecule has 0 aliphatic heterocycles. The summed E-state index contributed by atoms with van der Waals surface area (Å²) in [6, 6.07) is 5.98. The monoisotopic (exact) mass is 268 g/mol. The van der Waals surface area contributed by atoms with E-state index in [1.54, 1.807) is 0 Å². The van der Waals surface area contributed by atoms with E-state index < -0.39 is 6.10 Å². The largest absolute Gasteiger partial charge is 0.490 e. The van der Waals surface area contributed by atoms with E-state index in [1.165, 1.54) is 5.56 Å². The van der Waals surface area contributed by atoms with Crippen molar-refractivity contribution in [1.82, 2.24) is 0 Å². The van der Waals surface area contributed by atoms with Crippen molar-refractivity contribution in [3.63, 3.8) is 0 Å². The molecule has 1 rings (SSSR count). The van der Waals surface area contributed by atoms with E-state index >= 15 is 0 Å². The van der Waals surface area contributed by atoms with Crippen LogP contribution in [0, 0.1) is 13.8 Å². The van der Waals surface area contributed by atoms with Crippen LogP contribution >= 0.6 is 0 Å². The highest BCUT2D eigenvalue weighted by Gasteiger charge is 2.21. The van der Waals surface area contributed by atoms with Crippen molar-refractivity contribution >= 4 is 0 Å². The fourth-order valence-corrected chi connectivity index (χ4v) is 1.73. The molecule has 4 N–H and O–H groups in total. The Bertz CT molecular complexity index is 404. The van der Waals surface area contributed by atoms with E-state index in [-0.39, 0.29) is 18.8 Å². The Morgan fingerprint density at radius 3 is 2.58 bits per heavy atom. The second-order valence-corrected chi connectivity index (χ2v) is 5.82. The summed E-state index contributed by atoms with van der Waals surface area (Å²) < 4.78 is 5.62. The van der Waals surface area contributed by atoms with Crippen LogP contribution in [0.4, 0.5) is 0 Å². The first-order valence-electron chi connectivity index (χ1n) is 6.67. The van der Waals surface area contributed by atoms with E-state index in [2.05, 4.69) is 6.07 Å². The zero-order valence-corrected chi connectivity index (χ0v) is 12.3. The van der Waals surface area contributed by atoms with Crippen molar-refractivity contribution in [2.24, 2.45) is 0 Å². The minimum absolute atomic E-state index is 0.0810. The van der Waals surface area contributed by atoms with Crippen LogP contribution in [0.3, 0.4) is 0 Å². The van der Waals surface area contributed by atoms with Gasteiger partial charge in [-0.15, -0.1) is 0 Å². The molecular weight excluding hydrogens is 242 g/mol. The van der Waals surface area contributed by atoms with Gasteiger partial charge in [0, 0.05) is 0 Å². The second kappa shape index (κ2) is 6.89. The predicted molar refractivity (Wildman–Crippen MR) is 75.4 cm³/mol. The van der Waals surface area contributed by atoms with Crippen molar-refractivity contribution in [3.8, 4) is 5.75 Å². The highest BCUT2D eigenvalue weighted by atomic mass is 16.5. The van der Waals surface area contributed by atoms with E-state index in [0.29, 0.717) is 6.54 Å². The summed E-state index contributed by atoms with van der Waals surface area (Å²) in [6.45, 7) is 8.76. The number of ether oxygens (including phenoxy) is 1. The Hall–Kier alpha value is -1.10. The molecule has 0 radical (unpaired) electrons. The van der Waals surface area contributed by atoms with Crippen molar-refractivity contribution < 1.29 is 20.3 Å². The third-order valence-electron chi connectivity index (χ3n) is 3.11. The fourth-order valence-electron chi connectivity index (χ4n) is 1.73. The summed E-state index contributed by atoms with van der Waals surface area (Å²) in [4.78, 5) is 0. The third-order valence-corrected chi connectivity index (χ3v) is 3.11. The number of hydrogen-bond donors (Lipinski definition) is 3. The lowest BCUT2D eigenvalue weighted by molar-refractivity contribution is -0.727. The quantitative estimate of drug-likeness (QED) is 0.670. The van der Waals surface area contributed by atoms with Gasteiger partial charge in [0.1, 0.15) is 30.5 Å². The summed E-state index contributed by atoms with van der Waals surface area (Å²) in [5.41, 5.74) is 2.01. The van der Waals surface area contributed by atoms with Gasteiger partial charge in [-0.3, -0.25) is 0 Å². The zero-order valence-electron chi connectivity index (χ0n) is 12.3. The summed E-state index contributed by atoms with van der Waals surface area (Å²) in [5.74, 6) is 0.811. The van der Waals surface area contributed by atoms with E-state index in [4.69, 9.17) is 9.84 Å². The highest BCUT2D eigenvalue weighted by molar-refractivity contribution is 5.35. The molecular formula is C15H26NO3+. The lowest BCUT2D eigenvalue weighted by Crippen LogP contribution is -2.97. The highest BCUT2D eigenvalue weighted by Crippen LogP contribution is 2.18. The van der Waals surface area contributed by atoms with Crippen LogP contribution in [0.15, 0.2) is 18.2 Å². The molecule has 4 heteroatoms. The minimum atomic E-state index is -0.550. The maximum Gasteiger partial charge on any atom is 0.137 e. The van der Waals surface area contributed by atoms with E-state index in [9.17, 15) is 5.11 Å². The molecule has 4 nitrogen and oxygen atoms in total. The number of hydrogen-bond acceptors (Lipinski definition) is 3. The first-order valence-corrected chi connectivity index (χ1v) is 6.67. The zero-order chi connectivity index (χ0) is 14.5. The van der Waals surface area contributed by atoms with Crippen molar-refractivity contribution in [2.45, 2.75) is 39.3 Å². The predicted octanol–water partition coefficient (Wildman–Crippen LogP) is 0.377. The molecule has 108 valence electrons. The van der Waals surface area contributed by atoms with Gasteiger partial charge in [0.2, 0.25) is 0 Å². The summed E-state index contributed by atoms with van der Waals surface area (Å²) in [7, 11) is 0. The molecule has 0 aliphatic carbocycles. The van der Waals surface area contributed by atoms with Gasteiger partial charge in [0.15, 0.2) is 0 Å². The van der Waals surface area contributed by atoms with Crippen molar-refractivity contribution in [3.05, 3.63) is 29.3 Å². The second-order valence-electron chi connectivity index (χ2n) is 5.82. The molecule has 0 heterocycles. The van der Waals surface area contributed by atoms with Gasteiger partial charge in [-0.2, -0.15) is 0 Å². The molecule has 19 heavy (non-hydrogen) atoms. The molecule has 0 spiro atoms. The van der Waals surface area contributed by atoms with Gasteiger partial charge >= 0.3 is 0 Å². The maximum atomic E-state index is 9.88. The number of aliphatic hydroxyl groups excluding tert-OH is 2. The van der Waals surface area contributed by atoms with Crippen LogP contribution in [-0.2, 0) is 0 Å². The smallest absolute Gasteiger partial charge is 0.137 e. The Morgan fingerprint density at radius 1 is 1.32 bits per heavy atom. The van der Waals surface area contributed by atoms with E-state index in [1.807, 2.05) is 45.1 Å². The number of aliphatic hydroxyl groups is 2. The molecule has 0 fully saturated rings. The van der Waals surface area contributed by atoms with Crippen LogP contribution in [0.5, 0.6) is 5.75 Å². The number of benzene rings is 1. The first kappa shape index (κ1) is 16.0. The number of quaternary nitrogens is 1. The van der Waals surface area contributed by atoms with Crippen LogP contribution in [0.2, 0.25) is 0 Å². The van der Waals surface area contributed by atoms with Crippen LogP contribution in [0.1, 0.15) is 25.0 Å². The molecule has 0 saturated carbocycles. The van der Waals surface area contributed by atoms with Crippen molar-refractivity contribution in [2.75, 3.05) is 19.8 Å². The van der Waals surface area contributed by atoms with Crippen LogP contribution < -0.4 is 10.1 Å². The van der Waals surface area contributed by atoms with Gasteiger partial charge in [-0.25, -0.2) is 0 Å². The van der Waals surface area contributed by atoms with Gasteiger partial charge in [-0.1, -0.05) is 17.7 Å². The topological polar surface area (TPSA) is 66.3 Å². The molecule has 0 saturated heterocycles. The Morgan fingerprint density at radius 2 is 2.00 bits per heavy atom. The SMILES string of the molecule is Cc1ccc(OC[C@H](O)C[NH2+]C(C)(C)CO)c(C)c1. The van der Waals surface area contributed by atoms with Crippen LogP contribution in [0.25, 0.3) is 0 Å². The van der Waals surface area contributed by atoms with Gasteiger partial charge < -0.3 is 20.3 Å². The Kier molecular flexibility index (Phi) is 5.79. The molecule has 0 aromatic heterocycles. The van der Waals surface area contributed by atoms with Crippen LogP contribution in [-0.4, -0.2) is 41.6 Å². The number of rotatable bonds is 7. The average molecular weight is 268 g/mol. The molecule has 0 bridgehead atoms. The fraction of sp³-hybridized carbons (Fsp3) is 0.600. The summed E-state index contributed by atoms with van der Waals surface area (Å²) in [5, 5.41) is 20.9. The molecule has 0 aliphatic rings. The van der Waals surface area contributed by atoms with Crippen molar-refractivity contribution in [1.29, 1.82) is 0 Å². The maximum absolute atomic E-state index is 9.88. The summed E-state index contributed by atoms with van der Waals surface area (Å²) >= 11 is 0. The molecule has 0 unspecified atom stereocenters. The minimum Gasteiger partial charge on any atom is -0.490 e. The Labute approximate surface area is 115 Å². The molecule has 0 amide bonds. The number of aryl methyl sites for hydroxylation is 2. The molecule has 1 aromatic rings.